The van der Waals surface area contributed by atoms with E-state index in [1.54, 1.807) is 50.1 Å². The fourth-order valence-corrected chi connectivity index (χ4v) is 4.33. The third-order valence-corrected chi connectivity index (χ3v) is 6.02. The van der Waals surface area contributed by atoms with Gasteiger partial charge in [-0.25, -0.2) is 18.8 Å². The number of benzene rings is 2. The van der Waals surface area contributed by atoms with Crippen LogP contribution in [0.1, 0.15) is 23.6 Å². The van der Waals surface area contributed by atoms with Crippen molar-refractivity contribution in [2.24, 2.45) is 0 Å². The Labute approximate surface area is 182 Å². The minimum Gasteiger partial charge on any atom is -0.396 e. The zero-order valence-electron chi connectivity index (χ0n) is 18.0. The first-order chi connectivity index (χ1) is 14.6. The predicted octanol–water partition coefficient (Wildman–Crippen LogP) is 3.34. The highest BCUT2D eigenvalue weighted by Crippen LogP contribution is 2.48. The monoisotopic (exact) mass is 454 g/mol. The Kier molecular flexibility index (Phi) is 8.55. The summed E-state index contributed by atoms with van der Waals surface area (Å²) >= 11 is 0. The van der Waals surface area contributed by atoms with E-state index in [1.807, 2.05) is 0 Å². The van der Waals surface area contributed by atoms with Crippen LogP contribution in [0.2, 0.25) is 0 Å². The van der Waals surface area contributed by atoms with Crippen molar-refractivity contribution < 1.29 is 28.2 Å². The van der Waals surface area contributed by atoms with E-state index in [-0.39, 0.29) is 23.6 Å². The second-order valence-electron chi connectivity index (χ2n) is 7.74. The van der Waals surface area contributed by atoms with Gasteiger partial charge in [0.25, 0.3) is 5.91 Å². The molecule has 0 radical (unpaired) electrons. The molecule has 2 aromatic carbocycles. The van der Waals surface area contributed by atoms with Crippen LogP contribution in [0, 0.1) is 11.6 Å². The van der Waals surface area contributed by atoms with Gasteiger partial charge in [-0.2, -0.15) is 0 Å². The Morgan fingerprint density at radius 3 is 2.16 bits per heavy atom. The van der Waals surface area contributed by atoms with Gasteiger partial charge in [-0.05, 0) is 42.0 Å². The lowest BCUT2D eigenvalue weighted by molar-refractivity contribution is -0.127. The van der Waals surface area contributed by atoms with Gasteiger partial charge < -0.3 is 20.5 Å². The van der Waals surface area contributed by atoms with Gasteiger partial charge in [0.1, 0.15) is 17.7 Å². The van der Waals surface area contributed by atoms with Gasteiger partial charge in [-0.1, -0.05) is 24.3 Å². The Balaban J connectivity index is 2.31. The average molecular weight is 455 g/mol. The van der Waals surface area contributed by atoms with Crippen LogP contribution in [0.4, 0.5) is 14.5 Å². The maximum atomic E-state index is 14.5. The molecule has 0 aliphatic carbocycles. The van der Waals surface area contributed by atoms with E-state index in [0.29, 0.717) is 12.2 Å². The van der Waals surface area contributed by atoms with Crippen molar-refractivity contribution in [3.8, 4) is 0 Å². The first-order valence-electron chi connectivity index (χ1n) is 9.53. The number of ether oxygens (including phenoxy) is 1. The maximum absolute atomic E-state index is 14.5. The van der Waals surface area contributed by atoms with Crippen molar-refractivity contribution in [2.75, 3.05) is 37.8 Å². The van der Waals surface area contributed by atoms with E-state index < -0.39 is 39.5 Å². The summed E-state index contributed by atoms with van der Waals surface area (Å²) in [6, 6.07) is 7.84. The van der Waals surface area contributed by atoms with E-state index in [4.69, 9.17) is 9.84 Å². The predicted molar refractivity (Wildman–Crippen MR) is 118 cm³/mol. The zero-order valence-corrected chi connectivity index (χ0v) is 18.8. The molecule has 31 heavy (non-hydrogen) atoms. The van der Waals surface area contributed by atoms with Crippen LogP contribution in [0.15, 0.2) is 41.3 Å². The molecule has 3 N–H and O–H groups in total. The smallest absolute Gasteiger partial charge is 0.251 e. The van der Waals surface area contributed by atoms with Crippen LogP contribution in [-0.2, 0) is 20.9 Å². The van der Waals surface area contributed by atoms with Crippen molar-refractivity contribution in [3.63, 3.8) is 0 Å². The number of hydrogen-bond donors (Lipinski definition) is 3. The number of nitrogens with one attached hydrogen (secondary N) is 2. The van der Waals surface area contributed by atoms with E-state index in [1.165, 1.54) is 0 Å². The van der Waals surface area contributed by atoms with E-state index in [9.17, 15) is 18.4 Å². The molecule has 0 saturated heterocycles. The van der Waals surface area contributed by atoms with Crippen molar-refractivity contribution in [3.05, 3.63) is 59.2 Å². The minimum absolute atomic E-state index is 0.00651. The third kappa shape index (κ3) is 6.75. The number of rotatable bonds is 9. The number of aliphatic hydroxyl groups excluding tert-OH is 1. The van der Waals surface area contributed by atoms with Crippen LogP contribution >= 0.6 is 10.0 Å². The van der Waals surface area contributed by atoms with Gasteiger partial charge >= 0.3 is 0 Å². The summed E-state index contributed by atoms with van der Waals surface area (Å²) in [5.41, 5.74) is 1.29. The molecular weight excluding hydrogens is 426 g/mol. The number of carbonyl (C=O) groups is 2. The molecule has 0 saturated carbocycles. The van der Waals surface area contributed by atoms with Crippen LogP contribution in [-0.4, -0.2) is 49.4 Å². The summed E-state index contributed by atoms with van der Waals surface area (Å²) in [5.74, 6) is -2.67. The first kappa shape index (κ1) is 24.8. The molecule has 1 atom stereocenters. The molecular formula is C22H28F2N2O4S. The largest absolute Gasteiger partial charge is 0.396 e. The van der Waals surface area contributed by atoms with Gasteiger partial charge in [0.05, 0.1) is 18.1 Å². The lowest BCUT2D eigenvalue weighted by Crippen LogP contribution is -2.37. The van der Waals surface area contributed by atoms with Crippen molar-refractivity contribution in [1.29, 1.82) is 0 Å². The Bertz CT molecular complexity index is 907. The number of carbonyl (C=O) groups excluding carboxylic acids is 2. The molecule has 2 aromatic rings. The minimum atomic E-state index is -1.65. The molecule has 6 nitrogen and oxygen atoms in total. The lowest BCUT2D eigenvalue weighted by atomic mass is 10.0. The highest BCUT2D eigenvalue weighted by molar-refractivity contribution is 8.32. The molecule has 170 valence electrons. The third-order valence-electron chi connectivity index (χ3n) is 4.41. The summed E-state index contributed by atoms with van der Waals surface area (Å²) in [6.07, 6.45) is 5.13. The summed E-state index contributed by atoms with van der Waals surface area (Å²) in [4.78, 5) is 24.9. The maximum Gasteiger partial charge on any atom is 0.251 e. The molecule has 0 bridgehead atoms. The van der Waals surface area contributed by atoms with Crippen LogP contribution in [0.5, 0.6) is 0 Å². The van der Waals surface area contributed by atoms with Gasteiger partial charge in [0.2, 0.25) is 5.91 Å². The van der Waals surface area contributed by atoms with Crippen molar-refractivity contribution in [1.82, 2.24) is 5.32 Å². The van der Waals surface area contributed by atoms with Crippen LogP contribution < -0.4 is 10.6 Å². The lowest BCUT2D eigenvalue weighted by Gasteiger charge is -2.27. The van der Waals surface area contributed by atoms with Crippen molar-refractivity contribution in [2.45, 2.75) is 24.0 Å². The van der Waals surface area contributed by atoms with Crippen LogP contribution in [0.3, 0.4) is 0 Å². The number of methoxy groups -OCH3 is 1. The summed E-state index contributed by atoms with van der Waals surface area (Å²) < 4.78 is 34.1. The van der Waals surface area contributed by atoms with Gasteiger partial charge in [0, 0.05) is 19.2 Å². The highest BCUT2D eigenvalue weighted by atomic mass is 32.3. The summed E-state index contributed by atoms with van der Waals surface area (Å²) in [6.45, 7) is 0.00858. The number of aliphatic hydroxyl groups is 1. The normalized spacial score (nSPS) is 12.9. The highest BCUT2D eigenvalue weighted by Gasteiger charge is 2.25. The average Bonchev–Trinajstić information content (AvgIpc) is 2.65. The van der Waals surface area contributed by atoms with Gasteiger partial charge in [-0.15, -0.1) is 0 Å². The fourth-order valence-electron chi connectivity index (χ4n) is 3.04. The zero-order chi connectivity index (χ0) is 23.2. The fraction of sp³-hybridized carbons (Fsp3) is 0.364. The topological polar surface area (TPSA) is 87.7 Å². The molecule has 9 heteroatoms. The van der Waals surface area contributed by atoms with E-state index in [0.717, 1.165) is 17.7 Å². The van der Waals surface area contributed by atoms with E-state index >= 15 is 0 Å². The number of hydrogen-bond acceptors (Lipinski definition) is 4. The van der Waals surface area contributed by atoms with E-state index in [2.05, 4.69) is 10.6 Å². The second-order valence-corrected chi connectivity index (χ2v) is 11.8. The molecule has 0 spiro atoms. The molecule has 0 fully saturated rings. The number of amides is 2. The molecule has 0 heterocycles. The summed E-state index contributed by atoms with van der Waals surface area (Å²) in [7, 11) is -0.0940. The Morgan fingerprint density at radius 1 is 1.10 bits per heavy atom. The quantitative estimate of drug-likeness (QED) is 0.542. The Hall–Kier alpha value is -2.49. The van der Waals surface area contributed by atoms with Crippen molar-refractivity contribution >= 4 is 27.5 Å². The SMILES string of the molecule is COCc1ccc([C@@H](NC(=O)CCO)C(=O)Nc2cc(F)c(S(C)(C)C)c(F)c2)cc1. The first-order valence-corrected chi connectivity index (χ1v) is 12.4. The number of anilines is 1. The standard InChI is InChI=1S/C22H28F2N2O4S/c1-30-13-14-5-7-15(8-6-14)20(26-19(28)9-10-27)22(29)25-16-11-17(23)21(18(24)12-16)31(2,3)4/h5-8,11-12,20,27H,9-10,13H2,1-4H3,(H,25,29)(H,26,28)/t20-/m1/s1. The summed E-state index contributed by atoms with van der Waals surface area (Å²) in [5, 5.41) is 14.0. The Morgan fingerprint density at radius 2 is 1.68 bits per heavy atom. The molecule has 0 unspecified atom stereocenters. The molecule has 0 aromatic heterocycles. The molecule has 2 amide bonds. The number of halogens is 2. The molecule has 2 rings (SSSR count). The molecule has 0 aliphatic rings. The van der Waals surface area contributed by atoms with Gasteiger partial charge in [-0.3, -0.25) is 9.59 Å². The molecule has 0 aliphatic heterocycles. The second kappa shape index (κ2) is 10.7. The van der Waals surface area contributed by atoms with Crippen LogP contribution in [0.25, 0.3) is 0 Å². The van der Waals surface area contributed by atoms with Gasteiger partial charge in [0.15, 0.2) is 0 Å².